The largest absolute Gasteiger partial charge is 0.481 e. The molecule has 0 saturated carbocycles. The molecular weight excluding hydrogens is 348 g/mol. The molecule has 4 nitrogen and oxygen atoms in total. The van der Waals surface area contributed by atoms with E-state index in [9.17, 15) is 4.79 Å². The van der Waals surface area contributed by atoms with E-state index in [1.54, 1.807) is 30.6 Å². The Morgan fingerprint density at radius 1 is 1.53 bits per heavy atom. The van der Waals surface area contributed by atoms with Crippen molar-refractivity contribution in [3.05, 3.63) is 31.9 Å². The summed E-state index contributed by atoms with van der Waals surface area (Å²) in [6.07, 6.45) is 0. The minimum absolute atomic E-state index is 0.581. The summed E-state index contributed by atoms with van der Waals surface area (Å²) in [6, 6.07) is 2.00. The first-order chi connectivity index (χ1) is 8.91. The second-order valence-electron chi connectivity index (χ2n) is 4.51. The Morgan fingerprint density at radius 3 is 2.84 bits per heavy atom. The highest BCUT2D eigenvalue weighted by atomic mass is 79.9. The van der Waals surface area contributed by atoms with Crippen LogP contribution in [0.5, 0.6) is 0 Å². The molecule has 2 heterocycles. The van der Waals surface area contributed by atoms with E-state index in [0.717, 1.165) is 9.60 Å². The lowest BCUT2D eigenvalue weighted by Crippen LogP contribution is -2.28. The number of hydrogen-bond donors (Lipinski definition) is 2. The normalized spacial score (nSPS) is 11.5. The fourth-order valence-corrected chi connectivity index (χ4v) is 3.67. The summed E-state index contributed by atoms with van der Waals surface area (Å²) in [5.41, 5.74) is -0.377. The lowest BCUT2D eigenvalue weighted by atomic mass is 9.90. The zero-order valence-electron chi connectivity index (χ0n) is 10.4. The highest BCUT2D eigenvalue weighted by Gasteiger charge is 2.32. The second kappa shape index (κ2) is 5.60. The lowest BCUT2D eigenvalue weighted by Gasteiger charge is -2.15. The van der Waals surface area contributed by atoms with Gasteiger partial charge in [-0.15, -0.1) is 22.7 Å². The quantitative estimate of drug-likeness (QED) is 0.847. The summed E-state index contributed by atoms with van der Waals surface area (Å²) in [7, 11) is 0. The van der Waals surface area contributed by atoms with Crippen molar-refractivity contribution in [3.63, 3.8) is 0 Å². The third kappa shape index (κ3) is 3.16. The van der Waals surface area contributed by atoms with Gasteiger partial charge in [0.1, 0.15) is 5.41 Å². The van der Waals surface area contributed by atoms with E-state index in [1.807, 2.05) is 11.4 Å². The molecule has 0 atom stereocenters. The Hall–Kier alpha value is -0.920. The fraction of sp³-hybridized carbons (Fsp3) is 0.333. The lowest BCUT2D eigenvalue weighted by molar-refractivity contribution is -0.142. The molecule has 0 spiro atoms. The number of anilines is 1. The van der Waals surface area contributed by atoms with Gasteiger partial charge in [-0.2, -0.15) is 0 Å². The molecular formula is C12H13BrN2O2S2. The number of hydrogen-bond acceptors (Lipinski definition) is 5. The average molecular weight is 361 g/mol. The number of halogens is 1. The van der Waals surface area contributed by atoms with Gasteiger partial charge in [-0.05, 0) is 41.2 Å². The smallest absolute Gasteiger partial charge is 0.315 e. The maximum absolute atomic E-state index is 11.2. The number of carboxylic acids is 1. The third-order valence-electron chi connectivity index (χ3n) is 2.77. The van der Waals surface area contributed by atoms with Crippen molar-refractivity contribution in [3.8, 4) is 0 Å². The molecule has 0 fully saturated rings. The van der Waals surface area contributed by atoms with Crippen LogP contribution in [0.3, 0.4) is 0 Å². The molecule has 0 aliphatic rings. The van der Waals surface area contributed by atoms with Gasteiger partial charge in [0.25, 0.3) is 0 Å². The first kappa shape index (κ1) is 14.5. The summed E-state index contributed by atoms with van der Waals surface area (Å²) in [5, 5.41) is 16.9. The standard InChI is InChI=1S/C12H13BrN2O2S2/c1-12(2,10(16)17)9-6-19-11(15-9)14-5-8-7(13)3-4-18-8/h3-4,6H,5H2,1-2H3,(H,14,15)(H,16,17). The van der Waals surface area contributed by atoms with Gasteiger partial charge in [-0.1, -0.05) is 0 Å². The van der Waals surface area contributed by atoms with Crippen LogP contribution in [-0.4, -0.2) is 16.1 Å². The topological polar surface area (TPSA) is 62.2 Å². The van der Waals surface area contributed by atoms with Crippen molar-refractivity contribution < 1.29 is 9.90 Å². The van der Waals surface area contributed by atoms with E-state index < -0.39 is 11.4 Å². The van der Waals surface area contributed by atoms with Gasteiger partial charge in [0, 0.05) is 14.7 Å². The molecule has 2 N–H and O–H groups in total. The van der Waals surface area contributed by atoms with Crippen molar-refractivity contribution in [1.82, 2.24) is 4.98 Å². The minimum atomic E-state index is -0.958. The van der Waals surface area contributed by atoms with Crippen molar-refractivity contribution in [2.24, 2.45) is 0 Å². The molecule has 0 saturated heterocycles. The summed E-state index contributed by atoms with van der Waals surface area (Å²) < 4.78 is 1.08. The Balaban J connectivity index is 2.06. The van der Waals surface area contributed by atoms with Crippen LogP contribution in [0.25, 0.3) is 0 Å². The summed E-state index contributed by atoms with van der Waals surface area (Å²) in [5.74, 6) is -0.870. The van der Waals surface area contributed by atoms with Crippen molar-refractivity contribution in [1.29, 1.82) is 0 Å². The number of rotatable bonds is 5. The van der Waals surface area contributed by atoms with Gasteiger partial charge < -0.3 is 10.4 Å². The molecule has 0 amide bonds. The molecule has 2 aromatic rings. The van der Waals surface area contributed by atoms with E-state index in [-0.39, 0.29) is 0 Å². The van der Waals surface area contributed by atoms with Crippen LogP contribution in [0, 0.1) is 0 Å². The van der Waals surface area contributed by atoms with Crippen LogP contribution in [0.4, 0.5) is 5.13 Å². The Morgan fingerprint density at radius 2 is 2.26 bits per heavy atom. The van der Waals surface area contributed by atoms with Gasteiger partial charge in [0.2, 0.25) is 0 Å². The van der Waals surface area contributed by atoms with E-state index in [2.05, 4.69) is 26.2 Å². The van der Waals surface area contributed by atoms with Gasteiger partial charge in [0.15, 0.2) is 5.13 Å². The molecule has 102 valence electrons. The van der Waals surface area contributed by atoms with Crippen molar-refractivity contribution >= 4 is 49.7 Å². The van der Waals surface area contributed by atoms with Crippen molar-refractivity contribution in [2.75, 3.05) is 5.32 Å². The molecule has 0 radical (unpaired) electrons. The van der Waals surface area contributed by atoms with Crippen LogP contribution in [0.1, 0.15) is 24.4 Å². The van der Waals surface area contributed by atoms with E-state index in [4.69, 9.17) is 5.11 Å². The van der Waals surface area contributed by atoms with E-state index in [1.165, 1.54) is 16.2 Å². The minimum Gasteiger partial charge on any atom is -0.481 e. The average Bonchev–Trinajstić information content (AvgIpc) is 2.95. The number of thiazole rings is 1. The maximum Gasteiger partial charge on any atom is 0.315 e. The van der Waals surface area contributed by atoms with Gasteiger partial charge >= 0.3 is 5.97 Å². The molecule has 7 heteroatoms. The van der Waals surface area contributed by atoms with Crippen molar-refractivity contribution in [2.45, 2.75) is 25.8 Å². The van der Waals surface area contributed by atoms with Crippen LogP contribution in [0.2, 0.25) is 0 Å². The van der Waals surface area contributed by atoms with E-state index >= 15 is 0 Å². The number of nitrogens with zero attached hydrogens (tertiary/aromatic N) is 1. The molecule has 2 rings (SSSR count). The summed E-state index contributed by atoms with van der Waals surface area (Å²) >= 11 is 6.56. The fourth-order valence-electron chi connectivity index (χ4n) is 1.36. The van der Waals surface area contributed by atoms with E-state index in [0.29, 0.717) is 12.2 Å². The van der Waals surface area contributed by atoms with Gasteiger partial charge in [-0.25, -0.2) is 4.98 Å². The number of nitrogens with one attached hydrogen (secondary N) is 1. The summed E-state index contributed by atoms with van der Waals surface area (Å²) in [4.78, 5) is 16.7. The number of carbonyl (C=O) groups is 1. The van der Waals surface area contributed by atoms with Crippen LogP contribution in [0.15, 0.2) is 21.3 Å². The third-order valence-corrected chi connectivity index (χ3v) is 5.50. The molecule has 2 aromatic heterocycles. The number of aromatic nitrogens is 1. The Bertz CT molecular complexity index is 592. The maximum atomic E-state index is 11.2. The van der Waals surface area contributed by atoms with Gasteiger partial charge in [-0.3, -0.25) is 4.79 Å². The zero-order valence-corrected chi connectivity index (χ0v) is 13.7. The number of aliphatic carboxylic acids is 1. The zero-order chi connectivity index (χ0) is 14.0. The number of carboxylic acid groups (broad SMARTS) is 1. The van der Waals surface area contributed by atoms with Crippen LogP contribution >= 0.6 is 38.6 Å². The Kier molecular flexibility index (Phi) is 4.27. The predicted molar refractivity (Wildman–Crippen MR) is 82.1 cm³/mol. The summed E-state index contributed by atoms with van der Waals surface area (Å²) in [6.45, 7) is 3.99. The second-order valence-corrected chi connectivity index (χ2v) is 7.23. The molecule has 0 aliphatic heterocycles. The molecule has 0 unspecified atom stereocenters. The SMILES string of the molecule is CC(C)(C(=O)O)c1csc(NCc2sccc2Br)n1. The first-order valence-corrected chi connectivity index (χ1v) is 8.11. The highest BCUT2D eigenvalue weighted by molar-refractivity contribution is 9.10. The number of thiophene rings is 1. The van der Waals surface area contributed by atoms with Gasteiger partial charge in [0.05, 0.1) is 12.2 Å². The molecule has 0 aliphatic carbocycles. The van der Waals surface area contributed by atoms with Crippen LogP contribution in [-0.2, 0) is 16.8 Å². The van der Waals surface area contributed by atoms with Crippen LogP contribution < -0.4 is 5.32 Å². The highest BCUT2D eigenvalue weighted by Crippen LogP contribution is 2.29. The molecule has 0 bridgehead atoms. The Labute approximate surface area is 127 Å². The molecule has 0 aromatic carbocycles. The predicted octanol–water partition coefficient (Wildman–Crippen LogP) is 3.94. The monoisotopic (exact) mass is 360 g/mol. The first-order valence-electron chi connectivity index (χ1n) is 5.56. The molecule has 19 heavy (non-hydrogen) atoms.